The zero-order chi connectivity index (χ0) is 20.1. The van der Waals surface area contributed by atoms with Crippen LogP contribution >= 0.6 is 0 Å². The zero-order valence-electron chi connectivity index (χ0n) is 18.7. The normalized spacial score (nSPS) is 12.4. The van der Waals surface area contributed by atoms with E-state index in [4.69, 9.17) is 9.47 Å². The fourth-order valence-electron chi connectivity index (χ4n) is 2.47. The smallest absolute Gasteiger partial charge is 0.0471 e. The predicted octanol–water partition coefficient (Wildman–Crippen LogP) is 7.35. The molecule has 2 nitrogen and oxygen atoms in total. The molecular weight excluding hydrogens is 320 g/mol. The Morgan fingerprint density at radius 3 is 1.73 bits per heavy atom. The van der Waals surface area contributed by atoms with Crippen LogP contribution in [0.3, 0.4) is 0 Å². The van der Waals surface area contributed by atoms with Gasteiger partial charge in [-0.25, -0.2) is 0 Å². The van der Waals surface area contributed by atoms with Crippen LogP contribution in [0.25, 0.3) is 0 Å². The van der Waals surface area contributed by atoms with E-state index in [1.54, 1.807) is 0 Å². The van der Waals surface area contributed by atoms with E-state index in [1.165, 1.54) is 17.6 Å². The van der Waals surface area contributed by atoms with Gasteiger partial charge in [-0.2, -0.15) is 0 Å². The van der Waals surface area contributed by atoms with Gasteiger partial charge in [0.15, 0.2) is 0 Å². The van der Waals surface area contributed by atoms with E-state index < -0.39 is 0 Å². The molecule has 0 aliphatic heterocycles. The number of hydrogen-bond acceptors (Lipinski definition) is 2. The first kappa shape index (κ1) is 25.4. The number of unbranched alkanes of at least 4 members (excludes halogenated alkanes) is 1. The summed E-state index contributed by atoms with van der Waals surface area (Å²) in [6, 6.07) is 0. The zero-order valence-corrected chi connectivity index (χ0v) is 18.7. The van der Waals surface area contributed by atoms with Crippen molar-refractivity contribution in [2.24, 2.45) is 10.8 Å². The fraction of sp³-hybridized carbons (Fsp3) is 0.833. The minimum absolute atomic E-state index is 0.220. The van der Waals surface area contributed by atoms with E-state index in [2.05, 4.69) is 54.7 Å². The molecule has 0 radical (unpaired) electrons. The van der Waals surface area contributed by atoms with E-state index in [-0.39, 0.29) is 5.41 Å². The van der Waals surface area contributed by atoms with Crippen molar-refractivity contribution in [1.82, 2.24) is 0 Å². The lowest BCUT2D eigenvalue weighted by Crippen LogP contribution is -2.10. The van der Waals surface area contributed by atoms with Gasteiger partial charge in [-0.3, -0.25) is 0 Å². The Balaban J connectivity index is 3.38. The van der Waals surface area contributed by atoms with Gasteiger partial charge < -0.3 is 9.47 Å². The SMILES string of the molecule is C=C(CCCCOCCCC(=C)C(C)(C)C)CCCOCCC(C)(C)C. The Morgan fingerprint density at radius 1 is 0.654 bits per heavy atom. The lowest BCUT2D eigenvalue weighted by molar-refractivity contribution is 0.106. The summed E-state index contributed by atoms with van der Waals surface area (Å²) in [5.41, 5.74) is 3.26. The van der Waals surface area contributed by atoms with Crippen LogP contribution in [0.2, 0.25) is 0 Å². The topological polar surface area (TPSA) is 18.5 Å². The maximum absolute atomic E-state index is 5.74. The van der Waals surface area contributed by atoms with Gasteiger partial charge in [0.25, 0.3) is 0 Å². The Labute approximate surface area is 164 Å². The van der Waals surface area contributed by atoms with Crippen molar-refractivity contribution in [3.05, 3.63) is 24.3 Å². The lowest BCUT2D eigenvalue weighted by Gasteiger charge is -2.21. The molecule has 0 saturated heterocycles. The molecule has 0 bridgehead atoms. The molecule has 0 heterocycles. The molecule has 0 saturated carbocycles. The van der Waals surface area contributed by atoms with Gasteiger partial charge in [-0.15, -0.1) is 0 Å². The third-order valence-corrected chi connectivity index (χ3v) is 4.71. The van der Waals surface area contributed by atoms with Crippen molar-refractivity contribution in [3.8, 4) is 0 Å². The van der Waals surface area contributed by atoms with E-state index in [9.17, 15) is 0 Å². The van der Waals surface area contributed by atoms with Crippen LogP contribution in [-0.2, 0) is 9.47 Å². The first-order chi connectivity index (χ1) is 12.0. The molecule has 0 aromatic rings. The molecule has 0 aliphatic rings. The quantitative estimate of drug-likeness (QED) is 0.223. The van der Waals surface area contributed by atoms with E-state index >= 15 is 0 Å². The number of rotatable bonds is 15. The minimum atomic E-state index is 0.220. The third-order valence-electron chi connectivity index (χ3n) is 4.71. The van der Waals surface area contributed by atoms with Crippen LogP contribution < -0.4 is 0 Å². The molecule has 0 N–H and O–H groups in total. The molecule has 154 valence electrons. The molecule has 0 atom stereocenters. The van der Waals surface area contributed by atoms with Crippen LogP contribution in [-0.4, -0.2) is 26.4 Å². The monoisotopic (exact) mass is 366 g/mol. The maximum Gasteiger partial charge on any atom is 0.0471 e. The Kier molecular flexibility index (Phi) is 13.2. The summed E-state index contributed by atoms with van der Waals surface area (Å²) < 4.78 is 11.5. The highest BCUT2D eigenvalue weighted by Crippen LogP contribution is 2.26. The second-order valence-electron chi connectivity index (χ2n) is 9.80. The molecule has 0 fully saturated rings. The Bertz CT molecular complexity index is 382. The molecule has 0 unspecified atom stereocenters. The standard InChI is InChI=1S/C24H46O2/c1-21(14-11-18-26-20-16-23(3,4)5)13-9-10-17-25-19-12-15-22(2)24(6,7)8/h1-2,9-20H2,3-8H3. The third kappa shape index (κ3) is 16.8. The summed E-state index contributed by atoms with van der Waals surface area (Å²) in [6.45, 7) is 25.2. The van der Waals surface area contributed by atoms with Gasteiger partial charge in [0, 0.05) is 26.4 Å². The van der Waals surface area contributed by atoms with E-state index in [0.717, 1.165) is 71.4 Å². The molecule has 0 aromatic heterocycles. The number of allylic oxidation sites excluding steroid dienone is 2. The molecule has 26 heavy (non-hydrogen) atoms. The minimum Gasteiger partial charge on any atom is -0.381 e. The van der Waals surface area contributed by atoms with E-state index in [1.807, 2.05) is 0 Å². The summed E-state index contributed by atoms with van der Waals surface area (Å²) in [6.07, 6.45) is 8.88. The average molecular weight is 367 g/mol. The Morgan fingerprint density at radius 2 is 1.15 bits per heavy atom. The van der Waals surface area contributed by atoms with Gasteiger partial charge in [-0.1, -0.05) is 65.8 Å². The van der Waals surface area contributed by atoms with Crippen LogP contribution in [0, 0.1) is 10.8 Å². The van der Waals surface area contributed by atoms with Gasteiger partial charge in [0.1, 0.15) is 0 Å². The molecule has 0 rings (SSSR count). The van der Waals surface area contributed by atoms with Crippen LogP contribution in [0.4, 0.5) is 0 Å². The predicted molar refractivity (Wildman–Crippen MR) is 116 cm³/mol. The largest absolute Gasteiger partial charge is 0.381 e. The van der Waals surface area contributed by atoms with Crippen molar-refractivity contribution < 1.29 is 9.47 Å². The molecule has 0 spiro atoms. The fourth-order valence-corrected chi connectivity index (χ4v) is 2.47. The van der Waals surface area contributed by atoms with Gasteiger partial charge in [0.2, 0.25) is 0 Å². The van der Waals surface area contributed by atoms with Gasteiger partial charge >= 0.3 is 0 Å². The summed E-state index contributed by atoms with van der Waals surface area (Å²) in [5.74, 6) is 0. The Hall–Kier alpha value is -0.600. The second-order valence-corrected chi connectivity index (χ2v) is 9.80. The van der Waals surface area contributed by atoms with Crippen LogP contribution in [0.5, 0.6) is 0 Å². The molecule has 0 aromatic carbocycles. The highest BCUT2D eigenvalue weighted by atomic mass is 16.5. The van der Waals surface area contributed by atoms with E-state index in [0.29, 0.717) is 5.41 Å². The van der Waals surface area contributed by atoms with Gasteiger partial charge in [-0.05, 0) is 62.2 Å². The van der Waals surface area contributed by atoms with Crippen molar-refractivity contribution in [2.45, 2.75) is 92.9 Å². The van der Waals surface area contributed by atoms with Crippen LogP contribution in [0.1, 0.15) is 92.9 Å². The van der Waals surface area contributed by atoms with Gasteiger partial charge in [0.05, 0.1) is 0 Å². The number of hydrogen-bond donors (Lipinski definition) is 0. The summed E-state index contributed by atoms with van der Waals surface area (Å²) in [4.78, 5) is 0. The summed E-state index contributed by atoms with van der Waals surface area (Å²) in [5, 5.41) is 0. The van der Waals surface area contributed by atoms with Crippen molar-refractivity contribution in [1.29, 1.82) is 0 Å². The summed E-state index contributed by atoms with van der Waals surface area (Å²) in [7, 11) is 0. The average Bonchev–Trinajstić information content (AvgIpc) is 2.51. The van der Waals surface area contributed by atoms with Crippen LogP contribution in [0.15, 0.2) is 24.3 Å². The second kappa shape index (κ2) is 13.6. The highest BCUT2D eigenvalue weighted by Gasteiger charge is 2.13. The first-order valence-corrected chi connectivity index (χ1v) is 10.5. The summed E-state index contributed by atoms with van der Waals surface area (Å²) >= 11 is 0. The molecule has 0 aliphatic carbocycles. The number of ether oxygens (including phenoxy) is 2. The van der Waals surface area contributed by atoms with Crippen molar-refractivity contribution in [2.75, 3.05) is 26.4 Å². The van der Waals surface area contributed by atoms with Crippen molar-refractivity contribution >= 4 is 0 Å². The molecule has 0 amide bonds. The molecular formula is C24H46O2. The lowest BCUT2D eigenvalue weighted by atomic mass is 9.85. The first-order valence-electron chi connectivity index (χ1n) is 10.5. The van der Waals surface area contributed by atoms with Crippen molar-refractivity contribution in [3.63, 3.8) is 0 Å². The molecule has 2 heteroatoms. The highest BCUT2D eigenvalue weighted by molar-refractivity contribution is 5.04. The maximum atomic E-state index is 5.74.